The molecule has 0 radical (unpaired) electrons. The number of nitrogens with zero attached hydrogens (tertiary/aromatic N) is 2. The molecule has 136 valence electrons. The highest BCUT2D eigenvalue weighted by Crippen LogP contribution is 2.40. The fourth-order valence-corrected chi connectivity index (χ4v) is 4.49. The van der Waals surface area contributed by atoms with Gasteiger partial charge in [0.15, 0.2) is 0 Å². The lowest BCUT2D eigenvalue weighted by molar-refractivity contribution is 0.293. The number of halogens is 1. The molecule has 3 rings (SSSR count). The average molecular weight is 363 g/mol. The van der Waals surface area contributed by atoms with Gasteiger partial charge in [-0.25, -0.2) is 9.37 Å². The minimum absolute atomic E-state index is 0.0846. The van der Waals surface area contributed by atoms with Crippen LogP contribution in [0.1, 0.15) is 55.3 Å². The first-order chi connectivity index (χ1) is 11.9. The maximum atomic E-state index is 14.7. The van der Waals surface area contributed by atoms with Crippen LogP contribution in [0.25, 0.3) is 0 Å². The zero-order chi connectivity index (χ0) is 18.1. The fraction of sp³-hybridized carbons (Fsp3) is 0.550. The lowest BCUT2D eigenvalue weighted by Gasteiger charge is -2.14. The van der Waals surface area contributed by atoms with Gasteiger partial charge in [0.05, 0.1) is 17.2 Å². The Morgan fingerprint density at radius 1 is 1.32 bits per heavy atom. The number of aromatic nitrogens is 2. The van der Waals surface area contributed by atoms with E-state index < -0.39 is 0 Å². The molecule has 0 spiro atoms. The zero-order valence-corrected chi connectivity index (χ0v) is 16.3. The molecule has 1 aliphatic carbocycles. The maximum Gasteiger partial charge on any atom is 0.140 e. The molecule has 1 fully saturated rings. The Morgan fingerprint density at radius 2 is 2.04 bits per heavy atom. The molecule has 0 saturated heterocycles. The zero-order valence-electron chi connectivity index (χ0n) is 15.5. The molecule has 1 aliphatic rings. The maximum absolute atomic E-state index is 14.7. The van der Waals surface area contributed by atoms with Crippen molar-refractivity contribution in [1.29, 1.82) is 0 Å². The Hall–Kier alpha value is -1.33. The molecule has 1 saturated carbocycles. The van der Waals surface area contributed by atoms with Crippen LogP contribution in [0, 0.1) is 25.6 Å². The van der Waals surface area contributed by atoms with Crippen molar-refractivity contribution < 1.29 is 9.50 Å². The predicted octanol–water partition coefficient (Wildman–Crippen LogP) is 4.86. The van der Waals surface area contributed by atoms with E-state index in [0.29, 0.717) is 22.8 Å². The highest BCUT2D eigenvalue weighted by Gasteiger charge is 2.27. The van der Waals surface area contributed by atoms with E-state index >= 15 is 0 Å². The van der Waals surface area contributed by atoms with Crippen molar-refractivity contribution in [1.82, 2.24) is 9.55 Å². The number of imidazole rings is 1. The summed E-state index contributed by atoms with van der Waals surface area (Å²) in [4.78, 5) is 5.47. The number of aliphatic hydroxyl groups is 1. The molecule has 0 unspecified atom stereocenters. The number of benzene rings is 1. The second-order valence-electron chi connectivity index (χ2n) is 7.40. The number of aryl methyl sites for hydroxylation is 2. The second-order valence-corrected chi connectivity index (χ2v) is 8.43. The Kier molecular flexibility index (Phi) is 5.54. The van der Waals surface area contributed by atoms with Crippen molar-refractivity contribution in [3.63, 3.8) is 0 Å². The van der Waals surface area contributed by atoms with Crippen LogP contribution in [-0.2, 0) is 13.0 Å². The third-order valence-corrected chi connectivity index (χ3v) is 5.76. The van der Waals surface area contributed by atoms with Gasteiger partial charge in [-0.15, -0.1) is 0 Å². The lowest BCUT2D eigenvalue weighted by Crippen LogP contribution is -2.08. The number of rotatable bonds is 7. The van der Waals surface area contributed by atoms with Crippen molar-refractivity contribution in [2.24, 2.45) is 5.92 Å². The summed E-state index contributed by atoms with van der Waals surface area (Å²) in [5.74, 6) is 1.73. The summed E-state index contributed by atoms with van der Waals surface area (Å²) in [6, 6.07) is 3.79. The van der Waals surface area contributed by atoms with E-state index in [2.05, 4.69) is 18.4 Å². The average Bonchev–Trinajstić information content (AvgIpc) is 3.30. The Bertz CT molecular complexity index is 766. The van der Waals surface area contributed by atoms with Crippen molar-refractivity contribution in [3.8, 4) is 0 Å². The van der Waals surface area contributed by atoms with Crippen molar-refractivity contribution >= 4 is 11.8 Å². The van der Waals surface area contributed by atoms with E-state index in [4.69, 9.17) is 4.98 Å². The lowest BCUT2D eigenvalue weighted by atomic mass is 10.1. The summed E-state index contributed by atoms with van der Waals surface area (Å²) in [5, 5.41) is 10.5. The highest BCUT2D eigenvalue weighted by molar-refractivity contribution is 7.99. The first-order valence-electron chi connectivity index (χ1n) is 9.05. The third kappa shape index (κ3) is 4.09. The van der Waals surface area contributed by atoms with Crippen LogP contribution in [0.3, 0.4) is 0 Å². The summed E-state index contributed by atoms with van der Waals surface area (Å²) in [5.41, 5.74) is 2.75. The summed E-state index contributed by atoms with van der Waals surface area (Å²) in [6.45, 7) is 9.06. The van der Waals surface area contributed by atoms with Crippen LogP contribution in [0.5, 0.6) is 0 Å². The molecule has 0 amide bonds. The summed E-state index contributed by atoms with van der Waals surface area (Å²) in [6.07, 6.45) is 3.04. The minimum Gasteiger partial charge on any atom is -0.396 e. The molecule has 25 heavy (non-hydrogen) atoms. The molecule has 1 aromatic carbocycles. The van der Waals surface area contributed by atoms with Gasteiger partial charge in [-0.3, -0.25) is 0 Å². The first-order valence-corrected chi connectivity index (χ1v) is 9.87. The standard InChI is InChI=1S/C20H27FN2OS/c1-12(2)19-20(25-16-10-13(3)9-14(4)18(16)21)23(11-15-5-6-15)17(22-19)7-8-24/h9-10,12,15,24H,5-8,11H2,1-4H3. The SMILES string of the molecule is Cc1cc(C)c(F)c(Sc2c(C(C)C)nc(CCO)n2CC2CC2)c1. The van der Waals surface area contributed by atoms with Crippen molar-refractivity contribution in [2.45, 2.75) is 69.3 Å². The van der Waals surface area contributed by atoms with Gasteiger partial charge < -0.3 is 9.67 Å². The van der Waals surface area contributed by atoms with Crippen LogP contribution >= 0.6 is 11.8 Å². The Morgan fingerprint density at radius 3 is 2.64 bits per heavy atom. The topological polar surface area (TPSA) is 38.1 Å². The van der Waals surface area contributed by atoms with Gasteiger partial charge in [0.1, 0.15) is 16.7 Å². The van der Waals surface area contributed by atoms with Crippen LogP contribution in [-0.4, -0.2) is 21.3 Å². The summed E-state index contributed by atoms with van der Waals surface area (Å²) >= 11 is 1.48. The van der Waals surface area contributed by atoms with Gasteiger partial charge in [-0.05, 0) is 55.7 Å². The molecule has 1 aromatic heterocycles. The number of aliphatic hydroxyl groups excluding tert-OH is 1. The van der Waals surface area contributed by atoms with Crippen LogP contribution in [0.15, 0.2) is 22.1 Å². The van der Waals surface area contributed by atoms with Gasteiger partial charge >= 0.3 is 0 Å². The van der Waals surface area contributed by atoms with Gasteiger partial charge in [0.2, 0.25) is 0 Å². The third-order valence-electron chi connectivity index (χ3n) is 4.62. The summed E-state index contributed by atoms with van der Waals surface area (Å²) in [7, 11) is 0. The van der Waals surface area contributed by atoms with E-state index in [9.17, 15) is 9.50 Å². The summed E-state index contributed by atoms with van der Waals surface area (Å²) < 4.78 is 16.9. The van der Waals surface area contributed by atoms with E-state index in [1.165, 1.54) is 24.6 Å². The fourth-order valence-electron chi connectivity index (χ4n) is 3.11. The molecule has 0 atom stereocenters. The molecule has 2 aromatic rings. The van der Waals surface area contributed by atoms with E-state index in [1.807, 2.05) is 26.0 Å². The van der Waals surface area contributed by atoms with Gasteiger partial charge in [0, 0.05) is 13.0 Å². The Labute approximate surface area is 153 Å². The molecule has 1 heterocycles. The molecular weight excluding hydrogens is 335 g/mol. The van der Waals surface area contributed by atoms with Crippen LogP contribution in [0.4, 0.5) is 4.39 Å². The smallest absolute Gasteiger partial charge is 0.140 e. The van der Waals surface area contributed by atoms with Crippen LogP contribution < -0.4 is 0 Å². The normalized spacial score (nSPS) is 14.5. The van der Waals surface area contributed by atoms with Crippen molar-refractivity contribution in [3.05, 3.63) is 40.6 Å². The molecular formula is C20H27FN2OS. The monoisotopic (exact) mass is 362 g/mol. The molecule has 3 nitrogen and oxygen atoms in total. The second kappa shape index (κ2) is 7.50. The van der Waals surface area contributed by atoms with Gasteiger partial charge in [-0.1, -0.05) is 31.7 Å². The van der Waals surface area contributed by atoms with E-state index in [0.717, 1.165) is 28.7 Å². The van der Waals surface area contributed by atoms with E-state index in [1.54, 1.807) is 0 Å². The van der Waals surface area contributed by atoms with E-state index in [-0.39, 0.29) is 18.3 Å². The quantitative estimate of drug-likeness (QED) is 0.764. The molecule has 5 heteroatoms. The Balaban J connectivity index is 2.06. The molecule has 0 aliphatic heterocycles. The van der Waals surface area contributed by atoms with Crippen LogP contribution in [0.2, 0.25) is 0 Å². The minimum atomic E-state index is -0.145. The number of hydrogen-bond acceptors (Lipinski definition) is 3. The highest BCUT2D eigenvalue weighted by atomic mass is 32.2. The van der Waals surface area contributed by atoms with Crippen molar-refractivity contribution in [2.75, 3.05) is 6.61 Å². The largest absolute Gasteiger partial charge is 0.396 e. The predicted molar refractivity (Wildman–Crippen MR) is 99.8 cm³/mol. The van der Waals surface area contributed by atoms with Gasteiger partial charge in [0.25, 0.3) is 0 Å². The molecule has 1 N–H and O–H groups in total. The van der Waals surface area contributed by atoms with Gasteiger partial charge in [-0.2, -0.15) is 0 Å². The molecule has 0 bridgehead atoms. The first kappa shape index (κ1) is 18.5. The number of hydrogen-bond donors (Lipinski definition) is 1.